The van der Waals surface area contributed by atoms with Gasteiger partial charge in [0.1, 0.15) is 17.1 Å². The highest BCUT2D eigenvalue weighted by Crippen LogP contribution is 2.26. The minimum absolute atomic E-state index is 0.00507. The molecule has 2 rings (SSSR count). The predicted octanol–water partition coefficient (Wildman–Crippen LogP) is 3.08. The van der Waals surface area contributed by atoms with Gasteiger partial charge in [-0.3, -0.25) is 4.99 Å². The molecule has 0 atom stereocenters. The Morgan fingerprint density at radius 1 is 1.40 bits per heavy atom. The summed E-state index contributed by atoms with van der Waals surface area (Å²) in [5.41, 5.74) is 0.451. The van der Waals surface area contributed by atoms with Crippen LogP contribution in [0.3, 0.4) is 0 Å². The lowest BCUT2D eigenvalue weighted by Crippen LogP contribution is -2.42. The summed E-state index contributed by atoms with van der Waals surface area (Å²) in [4.78, 5) is 17.2. The molecule has 0 unspecified atom stereocenters. The van der Waals surface area contributed by atoms with Gasteiger partial charge in [0.2, 0.25) is 0 Å². The first-order valence-corrected chi connectivity index (χ1v) is 8.91. The van der Waals surface area contributed by atoms with E-state index in [1.165, 1.54) is 12.0 Å². The van der Waals surface area contributed by atoms with Gasteiger partial charge < -0.3 is 19.8 Å². The van der Waals surface area contributed by atoms with E-state index < -0.39 is 5.97 Å². The number of hydrogen-bond donors (Lipinski definition) is 2. The van der Waals surface area contributed by atoms with E-state index in [9.17, 15) is 4.79 Å². The maximum Gasteiger partial charge on any atom is 0.341 e. The number of nitrogens with one attached hydrogen (secondary N) is 2. The highest BCUT2D eigenvalue weighted by Gasteiger charge is 2.22. The van der Waals surface area contributed by atoms with Crippen LogP contribution in [0.25, 0.3) is 0 Å². The Balaban J connectivity index is 1.92. The number of thiophene rings is 1. The SMILES string of the molecule is CN=C(NCc1cc(C(=O)OC)c(C)o1)NCC(C)(C)c1cccs1. The topological polar surface area (TPSA) is 75.9 Å². The molecule has 0 saturated carbocycles. The van der Waals surface area contributed by atoms with Crippen molar-refractivity contribution in [2.75, 3.05) is 20.7 Å². The van der Waals surface area contributed by atoms with Crippen molar-refractivity contribution in [2.24, 2.45) is 4.99 Å². The van der Waals surface area contributed by atoms with Crippen molar-refractivity contribution in [3.8, 4) is 0 Å². The molecule has 0 amide bonds. The maximum atomic E-state index is 11.6. The predicted molar refractivity (Wildman–Crippen MR) is 100 cm³/mol. The number of hydrogen-bond acceptors (Lipinski definition) is 5. The summed E-state index contributed by atoms with van der Waals surface area (Å²) in [6.45, 7) is 7.30. The van der Waals surface area contributed by atoms with Crippen LogP contribution in [0.15, 0.2) is 33.0 Å². The van der Waals surface area contributed by atoms with E-state index in [0.29, 0.717) is 29.6 Å². The molecule has 0 aliphatic rings. The second kappa shape index (κ2) is 8.20. The van der Waals surface area contributed by atoms with Crippen LogP contribution in [0.5, 0.6) is 0 Å². The smallest absolute Gasteiger partial charge is 0.341 e. The maximum absolute atomic E-state index is 11.6. The van der Waals surface area contributed by atoms with Crippen molar-refractivity contribution in [3.05, 3.63) is 45.5 Å². The third kappa shape index (κ3) is 4.85. The molecule has 0 aromatic carbocycles. The van der Waals surface area contributed by atoms with Gasteiger partial charge in [-0.2, -0.15) is 0 Å². The summed E-state index contributed by atoms with van der Waals surface area (Å²) < 4.78 is 10.3. The van der Waals surface area contributed by atoms with Gasteiger partial charge in [0.15, 0.2) is 5.96 Å². The fourth-order valence-corrected chi connectivity index (χ4v) is 3.24. The second-order valence-electron chi connectivity index (χ2n) is 6.31. The van der Waals surface area contributed by atoms with Gasteiger partial charge in [-0.05, 0) is 24.4 Å². The highest BCUT2D eigenvalue weighted by molar-refractivity contribution is 7.10. The van der Waals surface area contributed by atoms with E-state index in [1.54, 1.807) is 31.4 Å². The lowest BCUT2D eigenvalue weighted by atomic mass is 9.91. The normalized spacial score (nSPS) is 12.1. The number of carbonyl (C=O) groups excluding carboxylic acids is 1. The second-order valence-corrected chi connectivity index (χ2v) is 7.26. The molecule has 7 heteroatoms. The van der Waals surface area contributed by atoms with Gasteiger partial charge in [0.05, 0.1) is 13.7 Å². The first-order chi connectivity index (χ1) is 11.9. The molecule has 0 spiro atoms. The third-order valence-corrected chi connectivity index (χ3v) is 5.15. The summed E-state index contributed by atoms with van der Waals surface area (Å²) in [5.74, 6) is 1.48. The number of nitrogens with zero attached hydrogens (tertiary/aromatic N) is 1. The molecule has 0 radical (unpaired) electrons. The fourth-order valence-electron chi connectivity index (χ4n) is 2.39. The summed E-state index contributed by atoms with van der Waals surface area (Å²) in [6, 6.07) is 5.90. The van der Waals surface area contributed by atoms with Crippen molar-refractivity contribution in [2.45, 2.75) is 32.7 Å². The number of aryl methyl sites for hydroxylation is 1. The van der Waals surface area contributed by atoms with E-state index in [2.05, 4.69) is 47.0 Å². The molecule has 0 saturated heterocycles. The van der Waals surface area contributed by atoms with Crippen molar-refractivity contribution in [3.63, 3.8) is 0 Å². The molecule has 0 aliphatic heterocycles. The van der Waals surface area contributed by atoms with E-state index in [-0.39, 0.29) is 5.41 Å². The molecule has 2 N–H and O–H groups in total. The van der Waals surface area contributed by atoms with Crippen molar-refractivity contribution in [1.82, 2.24) is 10.6 Å². The molecular formula is C18H25N3O3S. The molecule has 136 valence electrons. The molecule has 0 aliphatic carbocycles. The van der Waals surface area contributed by atoms with Crippen LogP contribution >= 0.6 is 11.3 Å². The molecule has 2 aromatic heterocycles. The average Bonchev–Trinajstić information content (AvgIpc) is 3.24. The Bertz CT molecular complexity index is 733. The highest BCUT2D eigenvalue weighted by atomic mass is 32.1. The lowest BCUT2D eigenvalue weighted by molar-refractivity contribution is 0.0599. The number of ether oxygens (including phenoxy) is 1. The van der Waals surface area contributed by atoms with Crippen LogP contribution in [0.4, 0.5) is 0 Å². The van der Waals surface area contributed by atoms with Crippen LogP contribution in [-0.2, 0) is 16.7 Å². The van der Waals surface area contributed by atoms with Gasteiger partial charge in [-0.25, -0.2) is 4.79 Å². The third-order valence-electron chi connectivity index (χ3n) is 3.91. The number of guanidine groups is 1. The Labute approximate surface area is 152 Å². The lowest BCUT2D eigenvalue weighted by Gasteiger charge is -2.24. The van der Waals surface area contributed by atoms with E-state index in [0.717, 1.165) is 6.54 Å². The van der Waals surface area contributed by atoms with Gasteiger partial charge >= 0.3 is 5.97 Å². The molecular weight excluding hydrogens is 338 g/mol. The number of aliphatic imine (C=N–C) groups is 1. The first-order valence-electron chi connectivity index (χ1n) is 8.03. The average molecular weight is 363 g/mol. The minimum atomic E-state index is -0.396. The molecule has 6 nitrogen and oxygen atoms in total. The zero-order valence-corrected chi connectivity index (χ0v) is 16.1. The minimum Gasteiger partial charge on any atom is -0.465 e. The summed E-state index contributed by atoms with van der Waals surface area (Å²) >= 11 is 1.75. The Hall–Kier alpha value is -2.28. The Kier molecular flexibility index (Phi) is 6.25. The Morgan fingerprint density at radius 3 is 2.76 bits per heavy atom. The van der Waals surface area contributed by atoms with Crippen LogP contribution < -0.4 is 10.6 Å². The first kappa shape index (κ1) is 19.1. The van der Waals surface area contributed by atoms with Crippen molar-refractivity contribution >= 4 is 23.3 Å². The van der Waals surface area contributed by atoms with Crippen LogP contribution in [0.1, 0.15) is 40.6 Å². The number of esters is 1. The summed E-state index contributed by atoms with van der Waals surface area (Å²) in [7, 11) is 3.08. The largest absolute Gasteiger partial charge is 0.465 e. The van der Waals surface area contributed by atoms with Crippen LogP contribution in [-0.4, -0.2) is 32.6 Å². The molecule has 2 aromatic rings. The van der Waals surface area contributed by atoms with Crippen molar-refractivity contribution in [1.29, 1.82) is 0 Å². The fraction of sp³-hybridized carbons (Fsp3) is 0.444. The zero-order valence-electron chi connectivity index (χ0n) is 15.3. The molecule has 25 heavy (non-hydrogen) atoms. The van der Waals surface area contributed by atoms with E-state index in [1.807, 2.05) is 0 Å². The molecule has 2 heterocycles. The quantitative estimate of drug-likeness (QED) is 0.469. The van der Waals surface area contributed by atoms with Crippen molar-refractivity contribution < 1.29 is 13.9 Å². The standard InChI is InChI=1S/C18H25N3O3S/c1-12-14(16(22)23-5)9-13(24-12)10-20-17(19-4)21-11-18(2,3)15-7-6-8-25-15/h6-9H,10-11H2,1-5H3,(H2,19,20,21). The van der Waals surface area contributed by atoms with Gasteiger partial charge in [0.25, 0.3) is 0 Å². The zero-order chi connectivity index (χ0) is 18.4. The van der Waals surface area contributed by atoms with Gasteiger partial charge in [-0.15, -0.1) is 11.3 Å². The van der Waals surface area contributed by atoms with E-state index >= 15 is 0 Å². The van der Waals surface area contributed by atoms with Gasteiger partial charge in [-0.1, -0.05) is 19.9 Å². The van der Waals surface area contributed by atoms with Crippen LogP contribution in [0, 0.1) is 6.92 Å². The monoisotopic (exact) mass is 363 g/mol. The van der Waals surface area contributed by atoms with Gasteiger partial charge in [0, 0.05) is 23.9 Å². The Morgan fingerprint density at radius 2 is 2.16 bits per heavy atom. The number of rotatable bonds is 6. The number of methoxy groups -OCH3 is 1. The summed E-state index contributed by atoms with van der Waals surface area (Å²) in [5, 5.41) is 8.62. The molecule has 0 fully saturated rings. The number of carbonyl (C=O) groups is 1. The number of furan rings is 1. The summed E-state index contributed by atoms with van der Waals surface area (Å²) in [6.07, 6.45) is 0. The van der Waals surface area contributed by atoms with Crippen LogP contribution in [0.2, 0.25) is 0 Å². The molecule has 0 bridgehead atoms. The van der Waals surface area contributed by atoms with E-state index in [4.69, 9.17) is 9.15 Å².